The molecule has 6 rings (SSSR count). The van der Waals surface area contributed by atoms with Gasteiger partial charge in [0, 0.05) is 11.8 Å². The van der Waals surface area contributed by atoms with Crippen LogP contribution in [-0.4, -0.2) is 42.1 Å². The van der Waals surface area contributed by atoms with Crippen LogP contribution >= 0.6 is 0 Å². The highest BCUT2D eigenvalue weighted by Gasteiger charge is 2.34. The lowest BCUT2D eigenvalue weighted by Crippen LogP contribution is -2.22. The number of nitrogens with one attached hydrogen (secondary N) is 1. The molecule has 1 N–H and O–H groups in total. The van der Waals surface area contributed by atoms with Gasteiger partial charge in [0.1, 0.15) is 22.2 Å². The van der Waals surface area contributed by atoms with Gasteiger partial charge in [0.2, 0.25) is 0 Å². The lowest BCUT2D eigenvalue weighted by molar-refractivity contribution is 0.580. The second-order valence-corrected chi connectivity index (χ2v) is 12.4. The Kier molecular flexibility index (Phi) is 5.82. The lowest BCUT2D eigenvalue weighted by Gasteiger charge is -2.19. The maximum absolute atomic E-state index is 13.5. The van der Waals surface area contributed by atoms with E-state index in [0.717, 1.165) is 10.3 Å². The molecule has 0 unspecified atom stereocenters. The molecule has 0 amide bonds. The molecule has 3 heterocycles. The number of fused-ring (bicyclic) bond motifs is 2. The number of anilines is 2. The molecule has 5 aromatic rings. The van der Waals surface area contributed by atoms with Gasteiger partial charge in [-0.3, -0.25) is 0 Å². The quantitative estimate of drug-likeness (QED) is 0.291. The molecule has 0 bridgehead atoms. The summed E-state index contributed by atoms with van der Waals surface area (Å²) >= 11 is 0. The first-order chi connectivity index (χ1) is 19.2. The van der Waals surface area contributed by atoms with Crippen molar-refractivity contribution in [1.29, 1.82) is 5.26 Å². The standard InChI is InChI=1S/C26H18N8O4S2/c1-39(35,36)22-14-8-6-12-20(22)33-25(18(15-27)16-28-33)31-30-24-23(17-9-3-2-4-10-17)32-34-26(24)29-19-11-5-7-13-21(19)40(34,37)38/h2-14,16,29H,1H3/b31-30+. The van der Waals surface area contributed by atoms with Gasteiger partial charge in [0.25, 0.3) is 10.0 Å². The molecule has 14 heteroatoms. The van der Waals surface area contributed by atoms with Gasteiger partial charge >= 0.3 is 0 Å². The maximum atomic E-state index is 13.5. The molecular formula is C26H18N8O4S2. The number of hydrogen-bond donors (Lipinski definition) is 1. The molecule has 0 aliphatic carbocycles. The third kappa shape index (κ3) is 4.04. The Labute approximate surface area is 228 Å². The van der Waals surface area contributed by atoms with E-state index in [1.54, 1.807) is 54.6 Å². The summed E-state index contributed by atoms with van der Waals surface area (Å²) < 4.78 is 53.9. The Morgan fingerprint density at radius 1 is 0.950 bits per heavy atom. The minimum absolute atomic E-state index is 0.0173. The van der Waals surface area contributed by atoms with Gasteiger partial charge in [-0.2, -0.15) is 23.9 Å². The fourth-order valence-corrected chi connectivity index (χ4v) is 6.56. The molecule has 0 atom stereocenters. The normalized spacial score (nSPS) is 13.8. The van der Waals surface area contributed by atoms with Crippen molar-refractivity contribution in [3.63, 3.8) is 0 Å². The fraction of sp³-hybridized carbons (Fsp3) is 0.0385. The Balaban J connectivity index is 1.57. The van der Waals surface area contributed by atoms with Gasteiger partial charge in [0.05, 0.1) is 22.5 Å². The summed E-state index contributed by atoms with van der Waals surface area (Å²) in [5.41, 5.74) is 1.45. The minimum atomic E-state index is -4.06. The number of benzene rings is 3. The Morgan fingerprint density at radius 2 is 1.65 bits per heavy atom. The number of para-hydroxylation sites is 2. The van der Waals surface area contributed by atoms with Crippen molar-refractivity contribution in [3.8, 4) is 23.0 Å². The summed E-state index contributed by atoms with van der Waals surface area (Å²) in [6, 6.07) is 23.4. The number of sulfone groups is 1. The fourth-order valence-electron chi connectivity index (χ4n) is 4.31. The minimum Gasteiger partial charge on any atom is -0.336 e. The van der Waals surface area contributed by atoms with Crippen LogP contribution in [0.25, 0.3) is 16.9 Å². The summed E-state index contributed by atoms with van der Waals surface area (Å²) in [7, 11) is -7.72. The third-order valence-electron chi connectivity index (χ3n) is 6.13. The monoisotopic (exact) mass is 570 g/mol. The molecule has 1 aliphatic rings. The van der Waals surface area contributed by atoms with Crippen molar-refractivity contribution in [2.75, 3.05) is 11.6 Å². The van der Waals surface area contributed by atoms with Gasteiger partial charge in [-0.15, -0.1) is 14.3 Å². The average molecular weight is 571 g/mol. The Bertz CT molecular complexity index is 2090. The Morgan fingerprint density at radius 3 is 2.40 bits per heavy atom. The van der Waals surface area contributed by atoms with Crippen molar-refractivity contribution < 1.29 is 16.8 Å². The number of aromatic nitrogens is 4. The molecule has 1 aliphatic heterocycles. The van der Waals surface area contributed by atoms with Crippen LogP contribution in [0.5, 0.6) is 0 Å². The van der Waals surface area contributed by atoms with Crippen LogP contribution in [0.15, 0.2) is 105 Å². The first kappa shape index (κ1) is 25.2. The summed E-state index contributed by atoms with van der Waals surface area (Å²) in [4.78, 5) is 0.0339. The van der Waals surface area contributed by atoms with Crippen molar-refractivity contribution >= 4 is 42.9 Å². The summed E-state index contributed by atoms with van der Waals surface area (Å²) in [6.07, 6.45) is 2.31. The van der Waals surface area contributed by atoms with E-state index in [2.05, 4.69) is 25.7 Å². The number of rotatable bonds is 5. The van der Waals surface area contributed by atoms with Crippen LogP contribution < -0.4 is 5.32 Å². The summed E-state index contributed by atoms with van der Waals surface area (Å²) in [6.45, 7) is 0. The first-order valence-electron chi connectivity index (χ1n) is 11.7. The van der Waals surface area contributed by atoms with E-state index in [0.29, 0.717) is 11.3 Å². The molecule has 0 saturated heterocycles. The molecule has 2 aromatic heterocycles. The van der Waals surface area contributed by atoms with Crippen molar-refractivity contribution in [3.05, 3.63) is 90.6 Å². The highest BCUT2D eigenvalue weighted by molar-refractivity contribution is 7.91. The molecule has 3 aromatic carbocycles. The predicted octanol–water partition coefficient (Wildman–Crippen LogP) is 4.72. The lowest BCUT2D eigenvalue weighted by atomic mass is 10.1. The van der Waals surface area contributed by atoms with E-state index in [4.69, 9.17) is 0 Å². The highest BCUT2D eigenvalue weighted by Crippen LogP contribution is 2.44. The topological polar surface area (TPSA) is 164 Å². The van der Waals surface area contributed by atoms with Crippen LogP contribution in [0.4, 0.5) is 23.0 Å². The van der Waals surface area contributed by atoms with Crippen molar-refractivity contribution in [1.82, 2.24) is 19.0 Å². The van der Waals surface area contributed by atoms with Crippen LogP contribution in [0.3, 0.4) is 0 Å². The molecule has 0 saturated carbocycles. The second kappa shape index (κ2) is 9.26. The number of nitriles is 1. The largest absolute Gasteiger partial charge is 0.336 e. The van der Waals surface area contributed by atoms with Crippen LogP contribution in [0.2, 0.25) is 0 Å². The van der Waals surface area contributed by atoms with E-state index in [1.807, 2.05) is 12.1 Å². The third-order valence-corrected chi connectivity index (χ3v) is 8.90. The van der Waals surface area contributed by atoms with Gasteiger partial charge in [0.15, 0.2) is 27.2 Å². The number of hydrogen-bond acceptors (Lipinski definition) is 10. The Hall–Kier alpha value is -5.13. The van der Waals surface area contributed by atoms with Crippen molar-refractivity contribution in [2.24, 2.45) is 10.2 Å². The average Bonchev–Trinajstić information content (AvgIpc) is 3.53. The first-order valence-corrected chi connectivity index (χ1v) is 15.0. The van der Waals surface area contributed by atoms with Crippen LogP contribution in [0.1, 0.15) is 5.56 Å². The molecule has 12 nitrogen and oxygen atoms in total. The van der Waals surface area contributed by atoms with Gasteiger partial charge in [-0.25, -0.2) is 13.1 Å². The van der Waals surface area contributed by atoms with Crippen LogP contribution in [0, 0.1) is 11.3 Å². The van der Waals surface area contributed by atoms with Gasteiger partial charge in [-0.1, -0.05) is 54.6 Å². The molecule has 0 spiro atoms. The summed E-state index contributed by atoms with van der Waals surface area (Å²) in [5.74, 6) is 0.0130. The number of azo groups is 1. The molecular weight excluding hydrogens is 552 g/mol. The van der Waals surface area contributed by atoms with Crippen molar-refractivity contribution in [2.45, 2.75) is 9.79 Å². The SMILES string of the molecule is CS(=O)(=O)c1ccccc1-n1ncc(C#N)c1/N=N/c1c(-c2ccccc2)nn2c1Nc1ccccc1S2(=O)=O. The maximum Gasteiger partial charge on any atom is 0.287 e. The molecule has 0 radical (unpaired) electrons. The van der Waals surface area contributed by atoms with Gasteiger partial charge in [-0.05, 0) is 24.3 Å². The number of nitrogens with zero attached hydrogens (tertiary/aromatic N) is 7. The molecule has 40 heavy (non-hydrogen) atoms. The van der Waals surface area contributed by atoms with E-state index in [9.17, 15) is 22.1 Å². The predicted molar refractivity (Wildman–Crippen MR) is 146 cm³/mol. The zero-order valence-electron chi connectivity index (χ0n) is 20.7. The summed E-state index contributed by atoms with van der Waals surface area (Å²) in [5, 5.41) is 30.1. The zero-order chi connectivity index (χ0) is 28.1. The van der Waals surface area contributed by atoms with E-state index in [1.165, 1.54) is 29.1 Å². The van der Waals surface area contributed by atoms with E-state index < -0.39 is 19.9 Å². The highest BCUT2D eigenvalue weighted by atomic mass is 32.2. The van der Waals surface area contributed by atoms with E-state index >= 15 is 0 Å². The smallest absolute Gasteiger partial charge is 0.287 e. The molecule has 0 fully saturated rings. The van der Waals surface area contributed by atoms with E-state index in [-0.39, 0.29) is 44.1 Å². The van der Waals surface area contributed by atoms with Gasteiger partial charge < -0.3 is 5.32 Å². The zero-order valence-corrected chi connectivity index (χ0v) is 22.3. The second-order valence-electron chi connectivity index (χ2n) is 8.73. The van der Waals surface area contributed by atoms with Crippen LogP contribution in [-0.2, 0) is 19.9 Å². The molecule has 198 valence electrons.